The summed E-state index contributed by atoms with van der Waals surface area (Å²) in [6, 6.07) is 9.28. The van der Waals surface area contributed by atoms with Crippen LogP contribution in [0.2, 0.25) is 5.28 Å². The summed E-state index contributed by atoms with van der Waals surface area (Å²) in [6.07, 6.45) is 1.48. The van der Waals surface area contributed by atoms with Crippen LogP contribution < -0.4 is 10.1 Å². The molecule has 1 atom stereocenters. The third-order valence-corrected chi connectivity index (χ3v) is 2.82. The molecule has 0 bridgehead atoms. The highest BCUT2D eigenvalue weighted by Crippen LogP contribution is 2.26. The first-order valence-electron chi connectivity index (χ1n) is 5.73. The van der Waals surface area contributed by atoms with Crippen LogP contribution in [0.25, 0.3) is 0 Å². The zero-order chi connectivity index (χ0) is 13.7. The van der Waals surface area contributed by atoms with Gasteiger partial charge in [0.1, 0.15) is 0 Å². The summed E-state index contributed by atoms with van der Waals surface area (Å²) >= 11 is 5.77. The number of anilines is 1. The van der Waals surface area contributed by atoms with Crippen molar-refractivity contribution in [2.24, 2.45) is 0 Å². The Hall–Kier alpha value is -1.85. The van der Waals surface area contributed by atoms with Crippen molar-refractivity contribution in [3.8, 4) is 5.75 Å². The second-order valence-corrected chi connectivity index (χ2v) is 4.18. The molecule has 1 unspecified atom stereocenters. The van der Waals surface area contributed by atoms with Crippen molar-refractivity contribution in [2.45, 2.75) is 6.04 Å². The van der Waals surface area contributed by atoms with E-state index >= 15 is 0 Å². The van der Waals surface area contributed by atoms with Crippen molar-refractivity contribution in [1.29, 1.82) is 0 Å². The van der Waals surface area contributed by atoms with Gasteiger partial charge in [0.15, 0.2) is 11.6 Å². The molecule has 0 amide bonds. The number of rotatable bonds is 5. The summed E-state index contributed by atoms with van der Waals surface area (Å²) in [4.78, 5) is 7.91. The van der Waals surface area contributed by atoms with Gasteiger partial charge in [-0.1, -0.05) is 30.3 Å². The van der Waals surface area contributed by atoms with Crippen LogP contribution in [0.3, 0.4) is 0 Å². The molecular weight excluding hydrogens is 266 g/mol. The number of aliphatic hydroxyl groups is 1. The molecule has 2 N–H and O–H groups in total. The first kappa shape index (κ1) is 13.6. The quantitative estimate of drug-likeness (QED) is 0.822. The van der Waals surface area contributed by atoms with E-state index in [1.807, 2.05) is 30.3 Å². The summed E-state index contributed by atoms with van der Waals surface area (Å²) in [6.45, 7) is -0.0746. The number of aliphatic hydroxyl groups excluding tert-OH is 1. The number of methoxy groups -OCH3 is 1. The zero-order valence-electron chi connectivity index (χ0n) is 10.4. The van der Waals surface area contributed by atoms with Gasteiger partial charge in [0.05, 0.1) is 26.0 Å². The molecule has 0 saturated carbocycles. The molecule has 1 aromatic carbocycles. The lowest BCUT2D eigenvalue weighted by Gasteiger charge is -2.18. The van der Waals surface area contributed by atoms with Gasteiger partial charge < -0.3 is 15.2 Å². The Kier molecular flexibility index (Phi) is 4.54. The highest BCUT2D eigenvalue weighted by atomic mass is 35.5. The molecule has 1 aromatic heterocycles. The lowest BCUT2D eigenvalue weighted by Crippen LogP contribution is -2.16. The van der Waals surface area contributed by atoms with Crippen molar-refractivity contribution in [3.63, 3.8) is 0 Å². The van der Waals surface area contributed by atoms with E-state index in [-0.39, 0.29) is 17.9 Å². The van der Waals surface area contributed by atoms with Crippen LogP contribution in [0.4, 0.5) is 5.82 Å². The average Bonchev–Trinajstić information content (AvgIpc) is 2.46. The molecule has 19 heavy (non-hydrogen) atoms. The Morgan fingerprint density at radius 3 is 2.74 bits per heavy atom. The van der Waals surface area contributed by atoms with Crippen molar-refractivity contribution in [2.75, 3.05) is 19.0 Å². The standard InChI is InChI=1S/C13H14ClN3O2/c1-19-11-7-15-13(14)17-12(11)16-10(8-18)9-5-3-2-4-6-9/h2-7,10,18H,8H2,1H3,(H,15,16,17). The monoisotopic (exact) mass is 279 g/mol. The third kappa shape index (κ3) is 3.33. The number of halogens is 1. The predicted octanol–water partition coefficient (Wildman–Crippen LogP) is 2.28. The van der Waals surface area contributed by atoms with Crippen LogP contribution in [0.1, 0.15) is 11.6 Å². The molecule has 2 rings (SSSR count). The molecule has 100 valence electrons. The Morgan fingerprint density at radius 2 is 2.11 bits per heavy atom. The van der Waals surface area contributed by atoms with E-state index in [0.717, 1.165) is 5.56 Å². The molecule has 0 radical (unpaired) electrons. The molecule has 1 heterocycles. The topological polar surface area (TPSA) is 67.3 Å². The summed E-state index contributed by atoms with van der Waals surface area (Å²) < 4.78 is 5.15. The van der Waals surface area contributed by atoms with Crippen molar-refractivity contribution in [3.05, 3.63) is 47.4 Å². The van der Waals surface area contributed by atoms with Gasteiger partial charge in [0.25, 0.3) is 0 Å². The van der Waals surface area contributed by atoms with Crippen LogP contribution >= 0.6 is 11.6 Å². The number of ether oxygens (including phenoxy) is 1. The Bertz CT molecular complexity index is 537. The van der Waals surface area contributed by atoms with E-state index < -0.39 is 0 Å². The Morgan fingerprint density at radius 1 is 1.37 bits per heavy atom. The largest absolute Gasteiger partial charge is 0.491 e. The van der Waals surface area contributed by atoms with E-state index in [1.54, 1.807) is 0 Å². The first-order chi connectivity index (χ1) is 9.24. The molecular formula is C13H14ClN3O2. The molecule has 0 fully saturated rings. The van der Waals surface area contributed by atoms with Crippen molar-refractivity contribution < 1.29 is 9.84 Å². The summed E-state index contributed by atoms with van der Waals surface area (Å²) in [5.74, 6) is 0.921. The highest BCUT2D eigenvalue weighted by molar-refractivity contribution is 6.28. The summed E-state index contributed by atoms with van der Waals surface area (Å²) in [5, 5.41) is 12.7. The minimum Gasteiger partial charge on any atom is -0.491 e. The first-order valence-corrected chi connectivity index (χ1v) is 6.11. The van der Waals surface area contributed by atoms with E-state index in [9.17, 15) is 5.11 Å². The Labute approximate surface area is 116 Å². The van der Waals surface area contributed by atoms with E-state index in [2.05, 4.69) is 15.3 Å². The van der Waals surface area contributed by atoms with Gasteiger partial charge in [-0.05, 0) is 17.2 Å². The molecule has 0 saturated heterocycles. The summed E-state index contributed by atoms with van der Waals surface area (Å²) in [7, 11) is 1.52. The Balaban J connectivity index is 2.26. The number of hydrogen-bond acceptors (Lipinski definition) is 5. The van der Waals surface area contributed by atoms with Crippen molar-refractivity contribution >= 4 is 17.4 Å². The van der Waals surface area contributed by atoms with Gasteiger partial charge in [-0.2, -0.15) is 4.98 Å². The normalized spacial score (nSPS) is 11.9. The minimum absolute atomic E-state index is 0.0746. The number of nitrogens with one attached hydrogen (secondary N) is 1. The van der Waals surface area contributed by atoms with Gasteiger partial charge in [0, 0.05) is 0 Å². The molecule has 2 aromatic rings. The van der Waals surface area contributed by atoms with Crippen LogP contribution in [-0.2, 0) is 0 Å². The van der Waals surface area contributed by atoms with Gasteiger partial charge >= 0.3 is 0 Å². The van der Waals surface area contributed by atoms with Crippen LogP contribution in [0, 0.1) is 0 Å². The number of aromatic nitrogens is 2. The second-order valence-electron chi connectivity index (χ2n) is 3.85. The lowest BCUT2D eigenvalue weighted by molar-refractivity contribution is 0.275. The molecule has 5 nitrogen and oxygen atoms in total. The van der Waals surface area contributed by atoms with Crippen LogP contribution in [0.5, 0.6) is 5.75 Å². The van der Waals surface area contributed by atoms with E-state index in [0.29, 0.717) is 11.6 Å². The molecule has 0 aliphatic carbocycles. The number of nitrogens with zero attached hydrogens (tertiary/aromatic N) is 2. The fraction of sp³-hybridized carbons (Fsp3) is 0.231. The van der Waals surface area contributed by atoms with Gasteiger partial charge in [-0.25, -0.2) is 4.98 Å². The summed E-state index contributed by atoms with van der Waals surface area (Å²) in [5.41, 5.74) is 0.946. The molecule has 0 aliphatic heterocycles. The lowest BCUT2D eigenvalue weighted by atomic mass is 10.1. The molecule has 0 spiro atoms. The fourth-order valence-electron chi connectivity index (χ4n) is 1.69. The maximum Gasteiger partial charge on any atom is 0.224 e. The molecule has 0 aliphatic rings. The van der Waals surface area contributed by atoms with E-state index in [4.69, 9.17) is 16.3 Å². The maximum atomic E-state index is 9.49. The van der Waals surface area contributed by atoms with Crippen LogP contribution in [0.15, 0.2) is 36.5 Å². The predicted molar refractivity (Wildman–Crippen MR) is 73.5 cm³/mol. The fourth-order valence-corrected chi connectivity index (χ4v) is 1.82. The molecule has 6 heteroatoms. The number of benzene rings is 1. The van der Waals surface area contributed by atoms with Gasteiger partial charge in [-0.15, -0.1) is 0 Å². The van der Waals surface area contributed by atoms with Crippen LogP contribution in [-0.4, -0.2) is 28.8 Å². The smallest absolute Gasteiger partial charge is 0.224 e. The maximum absolute atomic E-state index is 9.49. The van der Waals surface area contributed by atoms with E-state index in [1.165, 1.54) is 13.3 Å². The van der Waals surface area contributed by atoms with Crippen molar-refractivity contribution in [1.82, 2.24) is 9.97 Å². The highest BCUT2D eigenvalue weighted by Gasteiger charge is 2.14. The SMILES string of the molecule is COc1cnc(Cl)nc1NC(CO)c1ccccc1. The third-order valence-electron chi connectivity index (χ3n) is 2.64. The average molecular weight is 280 g/mol. The second kappa shape index (κ2) is 6.36. The van der Waals surface area contributed by atoms with Gasteiger partial charge in [0.2, 0.25) is 5.28 Å². The zero-order valence-corrected chi connectivity index (χ0v) is 11.1. The minimum atomic E-state index is -0.291. The number of hydrogen-bond donors (Lipinski definition) is 2. The van der Waals surface area contributed by atoms with Gasteiger partial charge in [-0.3, -0.25) is 0 Å².